The van der Waals surface area contributed by atoms with Gasteiger partial charge in [0.1, 0.15) is 17.9 Å². The minimum absolute atomic E-state index is 0.0876. The van der Waals surface area contributed by atoms with Gasteiger partial charge in [-0.2, -0.15) is 0 Å². The Morgan fingerprint density at radius 3 is 1.28 bits per heavy atom. The van der Waals surface area contributed by atoms with E-state index < -0.39 is 5.60 Å². The summed E-state index contributed by atoms with van der Waals surface area (Å²) >= 11 is 0. The summed E-state index contributed by atoms with van der Waals surface area (Å²) in [7, 11) is 0. The standard InChI is InChI=1S/C45H44N2O3/c1-33(48)29-46(30-34-19-23-38(24-20-34)36-13-7-5-8-14-36)42-27-28-43(41-18-12-11-17-40(41)42)47(32-44(49)50-45(2,3)4)31-35-21-25-39(26-22-35)37-15-9-6-10-16-37/h5-28H,29-32H2,1-4H3. The Morgan fingerprint density at radius 1 is 0.500 bits per heavy atom. The van der Waals surface area contributed by atoms with Crippen LogP contribution in [0.5, 0.6) is 0 Å². The first-order valence-corrected chi connectivity index (χ1v) is 17.1. The molecule has 6 rings (SSSR count). The SMILES string of the molecule is CC(=O)CN(Cc1ccc(-c2ccccc2)cc1)c1ccc(N(CC(=O)OC(C)(C)C)Cc2ccc(-c3ccccc3)cc2)c2ccccc12. The number of esters is 1. The number of carbonyl (C=O) groups is 2. The molecule has 252 valence electrons. The first-order valence-electron chi connectivity index (χ1n) is 17.1. The number of Topliss-reactive ketones (excluding diaryl/α,β-unsaturated/α-hetero) is 1. The highest BCUT2D eigenvalue weighted by Crippen LogP contribution is 2.36. The van der Waals surface area contributed by atoms with Crippen molar-refractivity contribution >= 4 is 33.9 Å². The number of anilines is 2. The number of ketones is 1. The maximum Gasteiger partial charge on any atom is 0.326 e. The normalized spacial score (nSPS) is 11.3. The van der Waals surface area contributed by atoms with E-state index in [-0.39, 0.29) is 24.8 Å². The molecule has 0 amide bonds. The van der Waals surface area contributed by atoms with E-state index >= 15 is 0 Å². The molecule has 0 saturated carbocycles. The van der Waals surface area contributed by atoms with Crippen LogP contribution in [0, 0.1) is 0 Å². The van der Waals surface area contributed by atoms with Gasteiger partial charge in [0, 0.05) is 35.2 Å². The number of nitrogens with zero attached hydrogens (tertiary/aromatic N) is 2. The van der Waals surface area contributed by atoms with Gasteiger partial charge in [-0.25, -0.2) is 0 Å². The predicted molar refractivity (Wildman–Crippen MR) is 206 cm³/mol. The molecule has 0 N–H and O–H groups in total. The molecule has 0 fully saturated rings. The van der Waals surface area contributed by atoms with Crippen LogP contribution < -0.4 is 9.80 Å². The van der Waals surface area contributed by atoms with Crippen molar-refractivity contribution in [3.8, 4) is 22.3 Å². The molecule has 0 radical (unpaired) electrons. The van der Waals surface area contributed by atoms with Gasteiger partial charge in [-0.1, -0.05) is 133 Å². The number of ether oxygens (including phenoxy) is 1. The van der Waals surface area contributed by atoms with E-state index in [0.29, 0.717) is 13.1 Å². The van der Waals surface area contributed by atoms with Gasteiger partial charge < -0.3 is 14.5 Å². The topological polar surface area (TPSA) is 49.9 Å². The number of fused-ring (bicyclic) bond motifs is 1. The highest BCUT2D eigenvalue weighted by Gasteiger charge is 2.23. The van der Waals surface area contributed by atoms with E-state index in [1.165, 1.54) is 5.56 Å². The van der Waals surface area contributed by atoms with Crippen LogP contribution >= 0.6 is 0 Å². The molecule has 0 aliphatic heterocycles. The van der Waals surface area contributed by atoms with Gasteiger partial charge in [-0.15, -0.1) is 0 Å². The molecule has 0 aliphatic rings. The zero-order chi connectivity index (χ0) is 35.1. The fraction of sp³-hybridized carbons (Fsp3) is 0.200. The average molecular weight is 661 g/mol. The first kappa shape index (κ1) is 34.2. The van der Waals surface area contributed by atoms with Crippen LogP contribution in [0.2, 0.25) is 0 Å². The van der Waals surface area contributed by atoms with E-state index in [1.807, 2.05) is 69.3 Å². The molecule has 50 heavy (non-hydrogen) atoms. The Balaban J connectivity index is 1.34. The number of hydrogen-bond donors (Lipinski definition) is 0. The Bertz CT molecular complexity index is 2050. The largest absolute Gasteiger partial charge is 0.459 e. The second-order valence-corrected chi connectivity index (χ2v) is 13.8. The van der Waals surface area contributed by atoms with Crippen molar-refractivity contribution in [3.05, 3.63) is 157 Å². The highest BCUT2D eigenvalue weighted by molar-refractivity contribution is 6.03. The van der Waals surface area contributed by atoms with Crippen LogP contribution in [-0.4, -0.2) is 30.4 Å². The van der Waals surface area contributed by atoms with Crippen molar-refractivity contribution in [2.24, 2.45) is 0 Å². The second-order valence-electron chi connectivity index (χ2n) is 13.8. The molecule has 0 aromatic heterocycles. The molecule has 6 aromatic rings. The zero-order valence-corrected chi connectivity index (χ0v) is 29.3. The van der Waals surface area contributed by atoms with Gasteiger partial charge in [0.2, 0.25) is 0 Å². The van der Waals surface area contributed by atoms with Crippen molar-refractivity contribution in [3.63, 3.8) is 0 Å². The molecule has 0 saturated heterocycles. The highest BCUT2D eigenvalue weighted by atomic mass is 16.6. The summed E-state index contributed by atoms with van der Waals surface area (Å²) in [4.78, 5) is 30.2. The van der Waals surface area contributed by atoms with Gasteiger partial charge in [-0.3, -0.25) is 9.59 Å². The lowest BCUT2D eigenvalue weighted by Gasteiger charge is -2.30. The third-order valence-corrected chi connectivity index (χ3v) is 8.58. The maximum atomic E-state index is 13.3. The molecule has 0 atom stereocenters. The molecule has 5 heteroatoms. The number of benzene rings is 6. The molecule has 0 spiro atoms. The molecular formula is C45H44N2O3. The Kier molecular flexibility index (Phi) is 10.4. The summed E-state index contributed by atoms with van der Waals surface area (Å²) < 4.78 is 5.80. The van der Waals surface area contributed by atoms with E-state index in [4.69, 9.17) is 4.74 Å². The van der Waals surface area contributed by atoms with Crippen molar-refractivity contribution < 1.29 is 14.3 Å². The summed E-state index contributed by atoms with van der Waals surface area (Å²) in [5.41, 5.74) is 8.12. The van der Waals surface area contributed by atoms with E-state index in [2.05, 4.69) is 107 Å². The lowest BCUT2D eigenvalue weighted by molar-refractivity contribution is -0.153. The van der Waals surface area contributed by atoms with Gasteiger partial charge >= 0.3 is 5.97 Å². The van der Waals surface area contributed by atoms with E-state index in [1.54, 1.807) is 6.92 Å². The number of rotatable bonds is 12. The summed E-state index contributed by atoms with van der Waals surface area (Å²) in [5, 5.41) is 2.02. The van der Waals surface area contributed by atoms with Crippen molar-refractivity contribution in [2.75, 3.05) is 22.9 Å². The number of carbonyl (C=O) groups excluding carboxylic acids is 2. The minimum Gasteiger partial charge on any atom is -0.459 e. The summed E-state index contributed by atoms with van der Waals surface area (Å²) in [5.74, 6) is -0.201. The summed E-state index contributed by atoms with van der Waals surface area (Å²) in [6.45, 7) is 8.76. The predicted octanol–water partition coefficient (Wildman–Crippen LogP) is 10.1. The van der Waals surface area contributed by atoms with Crippen LogP contribution in [-0.2, 0) is 27.4 Å². The number of hydrogen-bond acceptors (Lipinski definition) is 5. The Labute approximate surface area is 295 Å². The fourth-order valence-corrected chi connectivity index (χ4v) is 6.38. The van der Waals surface area contributed by atoms with Gasteiger partial charge in [-0.05, 0) is 73.2 Å². The molecule has 0 aliphatic carbocycles. The van der Waals surface area contributed by atoms with Gasteiger partial charge in [0.05, 0.1) is 6.54 Å². The van der Waals surface area contributed by atoms with Crippen molar-refractivity contribution in [1.29, 1.82) is 0 Å². The summed E-state index contributed by atoms with van der Waals surface area (Å²) in [6, 6.07) is 50.1. The molecule has 0 heterocycles. The molecule has 0 unspecified atom stereocenters. The van der Waals surface area contributed by atoms with Crippen LogP contribution in [0.3, 0.4) is 0 Å². The van der Waals surface area contributed by atoms with Crippen LogP contribution in [0.25, 0.3) is 33.0 Å². The van der Waals surface area contributed by atoms with Crippen molar-refractivity contribution in [2.45, 2.75) is 46.4 Å². The van der Waals surface area contributed by atoms with E-state index in [9.17, 15) is 9.59 Å². The fourth-order valence-electron chi connectivity index (χ4n) is 6.38. The Morgan fingerprint density at radius 2 is 0.880 bits per heavy atom. The quantitative estimate of drug-likeness (QED) is 0.122. The van der Waals surface area contributed by atoms with Gasteiger partial charge in [0.15, 0.2) is 0 Å². The first-order chi connectivity index (χ1) is 24.1. The zero-order valence-electron chi connectivity index (χ0n) is 29.3. The van der Waals surface area contributed by atoms with Crippen LogP contribution in [0.4, 0.5) is 11.4 Å². The smallest absolute Gasteiger partial charge is 0.326 e. The van der Waals surface area contributed by atoms with Crippen LogP contribution in [0.15, 0.2) is 146 Å². The molecule has 6 aromatic carbocycles. The average Bonchev–Trinajstić information content (AvgIpc) is 3.11. The third-order valence-electron chi connectivity index (χ3n) is 8.58. The lowest BCUT2D eigenvalue weighted by atomic mass is 10.0. The molecule has 0 bridgehead atoms. The maximum absolute atomic E-state index is 13.3. The molecular weight excluding hydrogens is 617 g/mol. The summed E-state index contributed by atoms with van der Waals surface area (Å²) in [6.07, 6.45) is 0. The lowest BCUT2D eigenvalue weighted by Crippen LogP contribution is -2.35. The van der Waals surface area contributed by atoms with Crippen molar-refractivity contribution in [1.82, 2.24) is 0 Å². The molecule has 5 nitrogen and oxygen atoms in total. The third kappa shape index (κ3) is 8.66. The van der Waals surface area contributed by atoms with E-state index in [0.717, 1.165) is 50.0 Å². The Hall–Kier alpha value is -5.68. The minimum atomic E-state index is -0.599. The second kappa shape index (κ2) is 15.3. The van der Waals surface area contributed by atoms with Gasteiger partial charge in [0.25, 0.3) is 0 Å². The monoisotopic (exact) mass is 660 g/mol. The van der Waals surface area contributed by atoms with Crippen LogP contribution in [0.1, 0.15) is 38.8 Å².